The van der Waals surface area contributed by atoms with E-state index in [0.717, 1.165) is 19.3 Å². The number of unbranched alkanes of at least 4 members (excludes halogenated alkanes) is 1. The van der Waals surface area contributed by atoms with E-state index < -0.39 is 6.10 Å². The molecule has 0 spiro atoms. The molecule has 1 saturated heterocycles. The Morgan fingerprint density at radius 3 is 2.50 bits per heavy atom. The van der Waals surface area contributed by atoms with Gasteiger partial charge in [0, 0.05) is 43.5 Å². The Bertz CT molecular complexity index is 594. The van der Waals surface area contributed by atoms with Crippen molar-refractivity contribution < 1.29 is 14.3 Å². The summed E-state index contributed by atoms with van der Waals surface area (Å²) in [5.74, 6) is 0.000984. The maximum absolute atomic E-state index is 12.5. The van der Waals surface area contributed by atoms with Gasteiger partial charge in [-0.05, 0) is 44.0 Å². The quantitative estimate of drug-likeness (QED) is 0.765. The van der Waals surface area contributed by atoms with E-state index in [1.54, 1.807) is 41.0 Å². The summed E-state index contributed by atoms with van der Waals surface area (Å²) in [5.41, 5.74) is 0.703. The van der Waals surface area contributed by atoms with Crippen molar-refractivity contribution in [3.8, 4) is 0 Å². The highest BCUT2D eigenvalue weighted by Crippen LogP contribution is 2.15. The van der Waals surface area contributed by atoms with Crippen LogP contribution in [0.3, 0.4) is 0 Å². The van der Waals surface area contributed by atoms with E-state index >= 15 is 0 Å². The first kappa shape index (κ1) is 20.5. The van der Waals surface area contributed by atoms with Crippen LogP contribution in [0.15, 0.2) is 24.3 Å². The van der Waals surface area contributed by atoms with E-state index in [1.807, 2.05) is 0 Å². The third-order valence-electron chi connectivity index (χ3n) is 4.40. The van der Waals surface area contributed by atoms with Crippen molar-refractivity contribution in [2.75, 3.05) is 38.1 Å². The molecule has 6 nitrogen and oxygen atoms in total. The van der Waals surface area contributed by atoms with Crippen LogP contribution in [0.4, 0.5) is 10.5 Å². The molecule has 1 N–H and O–H groups in total. The Balaban J connectivity index is 1.83. The van der Waals surface area contributed by atoms with Gasteiger partial charge in [-0.2, -0.15) is 0 Å². The first-order valence-corrected chi connectivity index (χ1v) is 9.61. The molecule has 1 unspecified atom stereocenters. The Kier molecular flexibility index (Phi) is 8.19. The fourth-order valence-corrected chi connectivity index (χ4v) is 2.94. The lowest BCUT2D eigenvalue weighted by Crippen LogP contribution is -2.42. The fourth-order valence-electron chi connectivity index (χ4n) is 2.81. The molecule has 1 aromatic carbocycles. The molecule has 7 heteroatoms. The van der Waals surface area contributed by atoms with Crippen LogP contribution in [0.1, 0.15) is 33.1 Å². The van der Waals surface area contributed by atoms with E-state index in [0.29, 0.717) is 43.5 Å². The Hall–Kier alpha value is -1.79. The van der Waals surface area contributed by atoms with Crippen LogP contribution in [-0.4, -0.2) is 60.6 Å². The normalized spacial score (nSPS) is 16.1. The molecular formula is C19H28ClN3O3. The summed E-state index contributed by atoms with van der Waals surface area (Å²) in [7, 11) is 0. The third kappa shape index (κ3) is 6.18. The Morgan fingerprint density at radius 2 is 1.81 bits per heavy atom. The van der Waals surface area contributed by atoms with E-state index in [2.05, 4.69) is 12.2 Å². The number of carbonyl (C=O) groups excluding carboxylic acids is 2. The Morgan fingerprint density at radius 1 is 1.15 bits per heavy atom. The average molecular weight is 382 g/mol. The molecule has 1 fully saturated rings. The van der Waals surface area contributed by atoms with Crippen molar-refractivity contribution in [3.05, 3.63) is 29.3 Å². The van der Waals surface area contributed by atoms with Crippen molar-refractivity contribution >= 4 is 29.2 Å². The van der Waals surface area contributed by atoms with Gasteiger partial charge in [0.15, 0.2) is 0 Å². The van der Waals surface area contributed by atoms with E-state index in [9.17, 15) is 9.59 Å². The maximum atomic E-state index is 12.5. The number of hydrogen-bond acceptors (Lipinski definition) is 3. The molecule has 0 aliphatic carbocycles. The second-order valence-electron chi connectivity index (χ2n) is 6.47. The van der Waals surface area contributed by atoms with Gasteiger partial charge in [-0.15, -0.1) is 0 Å². The summed E-state index contributed by atoms with van der Waals surface area (Å²) in [5, 5.41) is 3.50. The topological polar surface area (TPSA) is 61.9 Å². The minimum absolute atomic E-state index is 0.000984. The number of nitrogens with zero attached hydrogens (tertiary/aromatic N) is 2. The minimum atomic E-state index is -0.434. The van der Waals surface area contributed by atoms with Gasteiger partial charge < -0.3 is 19.9 Å². The highest BCUT2D eigenvalue weighted by atomic mass is 35.5. The number of amides is 3. The maximum Gasteiger partial charge on any atom is 0.321 e. The van der Waals surface area contributed by atoms with Crippen molar-refractivity contribution in [2.24, 2.45) is 0 Å². The molecule has 1 aromatic rings. The lowest BCUT2D eigenvalue weighted by atomic mass is 10.3. The van der Waals surface area contributed by atoms with Gasteiger partial charge in [0.1, 0.15) is 6.10 Å². The SMILES string of the molecule is CCCCOC(C)C(=O)N1CCCN(C(=O)Nc2ccc(Cl)cc2)CC1. The second-order valence-corrected chi connectivity index (χ2v) is 6.91. The Labute approximate surface area is 160 Å². The number of rotatable bonds is 6. The molecule has 0 bridgehead atoms. The monoisotopic (exact) mass is 381 g/mol. The van der Waals surface area contributed by atoms with Gasteiger partial charge in [0.2, 0.25) is 0 Å². The number of urea groups is 1. The summed E-state index contributed by atoms with van der Waals surface area (Å²) in [6.07, 6.45) is 2.32. The van der Waals surface area contributed by atoms with Crippen LogP contribution in [0.25, 0.3) is 0 Å². The number of ether oxygens (including phenoxy) is 1. The summed E-state index contributed by atoms with van der Waals surface area (Å²) in [6, 6.07) is 6.85. The van der Waals surface area contributed by atoms with Gasteiger partial charge >= 0.3 is 6.03 Å². The molecule has 3 amide bonds. The first-order valence-electron chi connectivity index (χ1n) is 9.23. The van der Waals surface area contributed by atoms with Crippen LogP contribution in [-0.2, 0) is 9.53 Å². The molecule has 0 saturated carbocycles. The van der Waals surface area contributed by atoms with Crippen LogP contribution in [0, 0.1) is 0 Å². The molecule has 0 aromatic heterocycles. The van der Waals surface area contributed by atoms with Crippen LogP contribution >= 0.6 is 11.6 Å². The minimum Gasteiger partial charge on any atom is -0.369 e. The molecule has 1 aliphatic rings. The van der Waals surface area contributed by atoms with Crippen molar-refractivity contribution in [1.82, 2.24) is 9.80 Å². The zero-order chi connectivity index (χ0) is 18.9. The standard InChI is InChI=1S/C19H28ClN3O3/c1-3-4-14-26-15(2)18(24)22-10-5-11-23(13-12-22)19(25)21-17-8-6-16(20)7-9-17/h6-9,15H,3-5,10-14H2,1-2H3,(H,21,25). The van der Waals surface area contributed by atoms with E-state index in [4.69, 9.17) is 16.3 Å². The highest BCUT2D eigenvalue weighted by molar-refractivity contribution is 6.30. The zero-order valence-electron chi connectivity index (χ0n) is 15.5. The molecule has 1 atom stereocenters. The second kappa shape index (κ2) is 10.4. The molecule has 1 aliphatic heterocycles. The number of halogens is 1. The largest absolute Gasteiger partial charge is 0.369 e. The third-order valence-corrected chi connectivity index (χ3v) is 4.66. The van der Waals surface area contributed by atoms with Crippen LogP contribution in [0.2, 0.25) is 5.02 Å². The van der Waals surface area contributed by atoms with Gasteiger partial charge in [-0.25, -0.2) is 4.79 Å². The molecular weight excluding hydrogens is 354 g/mol. The van der Waals surface area contributed by atoms with Crippen molar-refractivity contribution in [3.63, 3.8) is 0 Å². The molecule has 144 valence electrons. The van der Waals surface area contributed by atoms with Crippen molar-refractivity contribution in [1.29, 1.82) is 0 Å². The summed E-state index contributed by atoms with van der Waals surface area (Å²) < 4.78 is 5.61. The molecule has 0 radical (unpaired) electrons. The van der Waals surface area contributed by atoms with Crippen LogP contribution in [0.5, 0.6) is 0 Å². The van der Waals surface area contributed by atoms with Crippen molar-refractivity contribution in [2.45, 2.75) is 39.2 Å². The smallest absolute Gasteiger partial charge is 0.321 e. The van der Waals surface area contributed by atoms with Gasteiger partial charge in [0.25, 0.3) is 5.91 Å². The fraction of sp³-hybridized carbons (Fsp3) is 0.579. The zero-order valence-corrected chi connectivity index (χ0v) is 16.3. The summed E-state index contributed by atoms with van der Waals surface area (Å²) >= 11 is 5.86. The first-order chi connectivity index (χ1) is 12.5. The molecule has 2 rings (SSSR count). The highest BCUT2D eigenvalue weighted by Gasteiger charge is 2.25. The summed E-state index contributed by atoms with van der Waals surface area (Å²) in [4.78, 5) is 28.5. The number of anilines is 1. The summed E-state index contributed by atoms with van der Waals surface area (Å²) in [6.45, 7) is 6.79. The van der Waals surface area contributed by atoms with Gasteiger partial charge in [0.05, 0.1) is 0 Å². The lowest BCUT2D eigenvalue weighted by molar-refractivity contribution is -0.142. The number of nitrogens with one attached hydrogen (secondary N) is 1. The van der Waals surface area contributed by atoms with E-state index in [1.165, 1.54) is 0 Å². The van der Waals surface area contributed by atoms with Gasteiger partial charge in [-0.3, -0.25) is 4.79 Å². The predicted octanol–water partition coefficient (Wildman–Crippen LogP) is 3.61. The molecule has 1 heterocycles. The van der Waals surface area contributed by atoms with Crippen LogP contribution < -0.4 is 5.32 Å². The number of hydrogen-bond donors (Lipinski definition) is 1. The van der Waals surface area contributed by atoms with E-state index in [-0.39, 0.29) is 11.9 Å². The average Bonchev–Trinajstić information content (AvgIpc) is 2.89. The number of carbonyl (C=O) groups is 2. The molecule has 26 heavy (non-hydrogen) atoms. The number of benzene rings is 1. The lowest BCUT2D eigenvalue weighted by Gasteiger charge is -2.25. The predicted molar refractivity (Wildman–Crippen MR) is 104 cm³/mol. The van der Waals surface area contributed by atoms with Gasteiger partial charge in [-0.1, -0.05) is 24.9 Å².